The number of carbonyl (C=O) groups is 4. The number of allylic oxidation sites excluding steroid dienone is 2. The van der Waals surface area contributed by atoms with E-state index in [9.17, 15) is 37.3 Å². The van der Waals surface area contributed by atoms with E-state index in [-0.39, 0.29) is 33.8 Å². The fourth-order valence-corrected chi connectivity index (χ4v) is 15.8. The van der Waals surface area contributed by atoms with E-state index in [0.717, 1.165) is 84.8 Å². The molecule has 0 spiro atoms. The van der Waals surface area contributed by atoms with Crippen LogP contribution in [0.2, 0.25) is 0 Å². The number of hydrogen-bond donors (Lipinski definition) is 3. The SMILES string of the molecule is CC(=O)C1CCC2C3CC[C@@H]4C[C@H](OC(=O)[C@H](CC(=O)O)NC(=O)c5ccc(C6=c7cc8c(cc7Oc7cc9c(cc76)C(C)=CC(C)(C)C9)=NC(C)(C)C=C8CS(=O)(=O)O)cc5)CC[C@]4(C)C3CC[C@]12C. The molecular weight excluding hydrogens is 917 g/mol. The van der Waals surface area contributed by atoms with Crippen LogP contribution in [0.25, 0.3) is 16.7 Å². The molecule has 4 unspecified atom stereocenters. The third-order valence-corrected chi connectivity index (χ3v) is 18.8. The Morgan fingerprint density at radius 3 is 2.27 bits per heavy atom. The summed E-state index contributed by atoms with van der Waals surface area (Å²) in [4.78, 5) is 57.7. The standard InChI is InChI=1S/C58H68N2O10S/c1-31-27-55(3,4)28-35-21-49-42(23-40(31)35)52(43-24-41-36(30-71(66,67)68)29-56(5,6)60-47(41)25-50(43)70-49)33-9-11-34(12-10-33)53(64)59-48(26-51(62)63)54(65)69-38-17-19-57(7)37(22-38)13-14-39-45-16-15-44(32(2)61)58(45,8)20-18-46(39)57/h9-12,21,23-25,27,29,37-39,44-46,48H,13-20,22,26,28,30H2,1-8H3,(H,59,64)(H,62,63)(H,66,67,68)/t37-,38-,39?,44?,45?,46?,48+,57+,58-/m1/s1. The number of rotatable bonds is 10. The zero-order valence-corrected chi connectivity index (χ0v) is 43.1. The van der Waals surface area contributed by atoms with E-state index < -0.39 is 51.7 Å². The zero-order valence-electron chi connectivity index (χ0n) is 42.3. The Balaban J connectivity index is 0.907. The van der Waals surface area contributed by atoms with Crippen LogP contribution < -0.4 is 20.6 Å². The van der Waals surface area contributed by atoms with E-state index in [1.54, 1.807) is 37.3 Å². The predicted octanol–water partition coefficient (Wildman–Crippen LogP) is 9.44. The molecule has 0 aromatic heterocycles. The van der Waals surface area contributed by atoms with Gasteiger partial charge in [0.2, 0.25) is 0 Å². The molecule has 5 aliphatic carbocycles. The molecule has 7 aliphatic rings. The number of carbonyl (C=O) groups excluding carboxylic acids is 3. The molecule has 4 saturated carbocycles. The summed E-state index contributed by atoms with van der Waals surface area (Å²) in [5.41, 5.74) is 6.23. The minimum absolute atomic E-state index is 0.0604. The van der Waals surface area contributed by atoms with Crippen molar-refractivity contribution in [2.24, 2.45) is 50.8 Å². The highest BCUT2D eigenvalue weighted by molar-refractivity contribution is 7.86. The van der Waals surface area contributed by atoms with Gasteiger partial charge in [0.25, 0.3) is 16.0 Å². The van der Waals surface area contributed by atoms with Crippen molar-refractivity contribution < 1.29 is 46.7 Å². The molecule has 9 atom stereocenters. The van der Waals surface area contributed by atoms with E-state index in [0.29, 0.717) is 75.5 Å². The molecule has 3 aromatic carbocycles. The van der Waals surface area contributed by atoms with Crippen LogP contribution in [-0.4, -0.2) is 65.1 Å². The van der Waals surface area contributed by atoms with Gasteiger partial charge in [-0.3, -0.25) is 23.9 Å². The van der Waals surface area contributed by atoms with Crippen LogP contribution in [0.3, 0.4) is 0 Å². The topological polar surface area (TPSA) is 186 Å². The lowest BCUT2D eigenvalue weighted by Gasteiger charge is -2.61. The number of carboxylic acid groups (broad SMARTS) is 1. The first kappa shape index (κ1) is 49.2. The Morgan fingerprint density at radius 2 is 1.56 bits per heavy atom. The smallest absolute Gasteiger partial charge is 0.329 e. The molecule has 71 heavy (non-hydrogen) atoms. The van der Waals surface area contributed by atoms with Crippen molar-refractivity contribution in [1.29, 1.82) is 0 Å². The second-order valence-electron chi connectivity index (χ2n) is 24.0. The van der Waals surface area contributed by atoms with Gasteiger partial charge in [-0.2, -0.15) is 8.42 Å². The van der Waals surface area contributed by atoms with Crippen molar-refractivity contribution in [3.8, 4) is 11.5 Å². The number of amides is 1. The lowest BCUT2D eigenvalue weighted by atomic mass is 9.44. The van der Waals surface area contributed by atoms with Gasteiger partial charge in [-0.15, -0.1) is 0 Å². The summed E-state index contributed by atoms with van der Waals surface area (Å²) in [6, 6.07) is 13.4. The molecule has 4 fully saturated rings. The Kier molecular flexibility index (Phi) is 12.0. The maximum Gasteiger partial charge on any atom is 0.329 e. The summed E-state index contributed by atoms with van der Waals surface area (Å²) < 4.78 is 47.5. The number of nitrogens with zero attached hydrogens (tertiary/aromatic N) is 1. The average molecular weight is 985 g/mol. The van der Waals surface area contributed by atoms with Crippen LogP contribution >= 0.6 is 0 Å². The Morgan fingerprint density at radius 1 is 0.845 bits per heavy atom. The molecule has 10 rings (SSSR count). The highest BCUT2D eigenvalue weighted by Crippen LogP contribution is 2.67. The number of ketones is 1. The predicted molar refractivity (Wildman–Crippen MR) is 271 cm³/mol. The monoisotopic (exact) mass is 984 g/mol. The summed E-state index contributed by atoms with van der Waals surface area (Å²) in [7, 11) is -4.40. The summed E-state index contributed by atoms with van der Waals surface area (Å²) in [5.74, 6) is 0.553. The van der Waals surface area contributed by atoms with Gasteiger partial charge in [-0.25, -0.2) is 4.79 Å². The van der Waals surface area contributed by atoms with Crippen molar-refractivity contribution in [1.82, 2.24) is 5.32 Å². The first-order chi connectivity index (χ1) is 33.3. The molecule has 0 radical (unpaired) electrons. The van der Waals surface area contributed by atoms with Crippen LogP contribution in [0.4, 0.5) is 0 Å². The van der Waals surface area contributed by atoms with E-state index >= 15 is 0 Å². The van der Waals surface area contributed by atoms with Gasteiger partial charge in [0.15, 0.2) is 0 Å². The molecule has 376 valence electrons. The summed E-state index contributed by atoms with van der Waals surface area (Å²) in [6.45, 7) is 16.8. The lowest BCUT2D eigenvalue weighted by Crippen LogP contribution is -2.54. The zero-order chi connectivity index (χ0) is 50.7. The fraction of sp³-hybridized carbons (Fsp3) is 0.534. The molecular formula is C58H68N2O10S. The van der Waals surface area contributed by atoms with Crippen molar-refractivity contribution in [2.45, 2.75) is 144 Å². The normalized spacial score (nSPS) is 30.1. The van der Waals surface area contributed by atoms with E-state index in [1.807, 2.05) is 26.0 Å². The molecule has 0 saturated heterocycles. The van der Waals surface area contributed by atoms with Crippen LogP contribution in [0.15, 0.2) is 65.7 Å². The molecule has 2 heterocycles. The molecule has 0 bridgehead atoms. The highest BCUT2D eigenvalue weighted by Gasteiger charge is 2.61. The Labute approximate surface area is 417 Å². The van der Waals surface area contributed by atoms with Gasteiger partial charge < -0.3 is 19.9 Å². The number of fused-ring (bicyclic) bond motifs is 9. The molecule has 13 heteroatoms. The average Bonchev–Trinajstić information content (AvgIpc) is 3.63. The maximum atomic E-state index is 14.0. The van der Waals surface area contributed by atoms with Gasteiger partial charge >= 0.3 is 11.9 Å². The van der Waals surface area contributed by atoms with E-state index in [4.69, 9.17) is 14.5 Å². The van der Waals surface area contributed by atoms with Crippen LogP contribution in [0.5, 0.6) is 11.5 Å². The molecule has 3 N–H and O–H groups in total. The van der Waals surface area contributed by atoms with Crippen molar-refractivity contribution in [3.05, 3.63) is 105 Å². The minimum Gasteiger partial charge on any atom is -0.481 e. The molecule has 2 aliphatic heterocycles. The largest absolute Gasteiger partial charge is 0.481 e. The van der Waals surface area contributed by atoms with Gasteiger partial charge in [0.1, 0.15) is 35.2 Å². The third kappa shape index (κ3) is 9.01. The quantitative estimate of drug-likeness (QED) is 0.102. The number of esters is 1. The Hall–Kier alpha value is -5.40. The molecule has 1 amide bonds. The number of hydrogen-bond acceptors (Lipinski definition) is 9. The highest BCUT2D eigenvalue weighted by atomic mass is 32.2. The van der Waals surface area contributed by atoms with Gasteiger partial charge in [0.05, 0.1) is 17.3 Å². The number of nitrogens with one attached hydrogen (secondary N) is 1. The summed E-state index contributed by atoms with van der Waals surface area (Å²) >= 11 is 0. The van der Waals surface area contributed by atoms with E-state index in [2.05, 4.69) is 58.1 Å². The maximum absolute atomic E-state index is 14.0. The number of aliphatic carboxylic acids is 1. The lowest BCUT2D eigenvalue weighted by molar-refractivity contribution is -0.166. The second-order valence-corrected chi connectivity index (χ2v) is 25.4. The van der Waals surface area contributed by atoms with E-state index in [1.165, 1.54) is 0 Å². The number of ether oxygens (including phenoxy) is 2. The minimum atomic E-state index is -4.40. The van der Waals surface area contributed by atoms with Crippen molar-refractivity contribution in [2.75, 3.05) is 5.75 Å². The first-order valence-corrected chi connectivity index (χ1v) is 27.3. The van der Waals surface area contributed by atoms with Crippen molar-refractivity contribution >= 4 is 50.5 Å². The van der Waals surface area contributed by atoms with Crippen LogP contribution in [0, 0.1) is 45.8 Å². The Bertz CT molecular complexity index is 3100. The third-order valence-electron chi connectivity index (χ3n) is 18.2. The summed E-state index contributed by atoms with van der Waals surface area (Å²) in [5, 5.41) is 13.8. The molecule has 12 nitrogen and oxygen atoms in total. The second kappa shape index (κ2) is 17.4. The van der Waals surface area contributed by atoms with Gasteiger partial charge in [-0.05, 0) is 190 Å². The molecule has 3 aromatic rings. The van der Waals surface area contributed by atoms with Gasteiger partial charge in [-0.1, -0.05) is 52.0 Å². The first-order valence-electron chi connectivity index (χ1n) is 25.7. The van der Waals surface area contributed by atoms with Gasteiger partial charge in [0, 0.05) is 39.5 Å². The van der Waals surface area contributed by atoms with Crippen LogP contribution in [0.1, 0.15) is 158 Å². The number of Topliss-reactive ketones (excluding diaryl/α,β-unsaturated/α-hetero) is 1. The number of benzene rings is 3. The van der Waals surface area contributed by atoms with Crippen molar-refractivity contribution in [3.63, 3.8) is 0 Å². The summed E-state index contributed by atoms with van der Waals surface area (Å²) in [6.07, 6.45) is 12.6. The fourth-order valence-electron chi connectivity index (χ4n) is 15.2. The number of carboxylic acids is 1. The van der Waals surface area contributed by atoms with Crippen LogP contribution in [-0.2, 0) is 35.7 Å².